The molecular formula is C4H8BrNO. The fraction of sp³-hybridized carbons (Fsp3) is 0.750. The van der Waals surface area contributed by atoms with E-state index in [9.17, 15) is 0 Å². The standard InChI is InChI=1S/C4H8BrNO/c1-4(3-5)6-7-2/h3H2,1-2H3. The molecule has 0 fully saturated rings. The second kappa shape index (κ2) is 4.12. The smallest absolute Gasteiger partial charge is 0.106 e. The first-order valence-corrected chi connectivity index (χ1v) is 3.06. The van der Waals surface area contributed by atoms with E-state index in [0.29, 0.717) is 0 Å². The van der Waals surface area contributed by atoms with Crippen molar-refractivity contribution in [2.45, 2.75) is 6.92 Å². The molecule has 0 amide bonds. The number of halogens is 1. The van der Waals surface area contributed by atoms with Crippen LogP contribution in [0.4, 0.5) is 0 Å². The molecule has 0 aromatic rings. The van der Waals surface area contributed by atoms with E-state index in [-0.39, 0.29) is 0 Å². The fourth-order valence-electron chi connectivity index (χ4n) is 0.180. The van der Waals surface area contributed by atoms with Gasteiger partial charge in [0.2, 0.25) is 0 Å². The SMILES string of the molecule is CON=C(C)CBr. The lowest BCUT2D eigenvalue weighted by Crippen LogP contribution is -1.90. The van der Waals surface area contributed by atoms with E-state index >= 15 is 0 Å². The normalized spacial score (nSPS) is 11.6. The van der Waals surface area contributed by atoms with Crippen LogP contribution in [0.2, 0.25) is 0 Å². The van der Waals surface area contributed by atoms with Crippen LogP contribution in [-0.4, -0.2) is 18.2 Å². The predicted molar refractivity (Wildman–Crippen MR) is 33.9 cm³/mol. The topological polar surface area (TPSA) is 21.6 Å². The second-order valence-corrected chi connectivity index (χ2v) is 1.70. The maximum atomic E-state index is 4.45. The Bertz CT molecular complexity index is 72.1. The molecule has 0 aromatic carbocycles. The summed E-state index contributed by atoms with van der Waals surface area (Å²) in [7, 11) is 1.53. The molecule has 0 bridgehead atoms. The van der Waals surface area contributed by atoms with Gasteiger partial charge >= 0.3 is 0 Å². The number of hydrogen-bond donors (Lipinski definition) is 0. The van der Waals surface area contributed by atoms with Crippen molar-refractivity contribution in [3.05, 3.63) is 0 Å². The van der Waals surface area contributed by atoms with Crippen LogP contribution in [0.25, 0.3) is 0 Å². The van der Waals surface area contributed by atoms with Crippen molar-refractivity contribution in [1.82, 2.24) is 0 Å². The quantitative estimate of drug-likeness (QED) is 0.345. The average Bonchev–Trinajstić information content (AvgIpc) is 1.68. The van der Waals surface area contributed by atoms with E-state index in [1.165, 1.54) is 7.11 Å². The van der Waals surface area contributed by atoms with Crippen molar-refractivity contribution in [3.8, 4) is 0 Å². The summed E-state index contributed by atoms with van der Waals surface area (Å²) in [6.07, 6.45) is 0. The van der Waals surface area contributed by atoms with Crippen LogP contribution in [0.15, 0.2) is 5.16 Å². The molecule has 0 unspecified atom stereocenters. The summed E-state index contributed by atoms with van der Waals surface area (Å²) in [5, 5.41) is 4.39. The Labute approximate surface area is 51.7 Å². The molecular weight excluding hydrogens is 158 g/mol. The number of oxime groups is 1. The van der Waals surface area contributed by atoms with Gasteiger partial charge in [-0.3, -0.25) is 0 Å². The van der Waals surface area contributed by atoms with Crippen molar-refractivity contribution >= 4 is 21.6 Å². The van der Waals surface area contributed by atoms with Crippen LogP contribution in [0, 0.1) is 0 Å². The van der Waals surface area contributed by atoms with Crippen LogP contribution in [0.3, 0.4) is 0 Å². The van der Waals surface area contributed by atoms with Crippen LogP contribution in [-0.2, 0) is 4.84 Å². The highest BCUT2D eigenvalue weighted by molar-refractivity contribution is 9.09. The number of alkyl halides is 1. The van der Waals surface area contributed by atoms with Crippen molar-refractivity contribution < 1.29 is 4.84 Å². The van der Waals surface area contributed by atoms with Gasteiger partial charge in [0, 0.05) is 5.33 Å². The molecule has 0 spiro atoms. The van der Waals surface area contributed by atoms with E-state index in [1.54, 1.807) is 0 Å². The molecule has 3 heteroatoms. The van der Waals surface area contributed by atoms with Gasteiger partial charge in [0.25, 0.3) is 0 Å². The third-order valence-corrected chi connectivity index (χ3v) is 1.25. The Hall–Kier alpha value is -0.0500. The highest BCUT2D eigenvalue weighted by Gasteiger charge is 1.81. The van der Waals surface area contributed by atoms with Crippen LogP contribution in [0.1, 0.15) is 6.92 Å². The Balaban J connectivity index is 3.29. The first-order chi connectivity index (χ1) is 3.31. The van der Waals surface area contributed by atoms with Gasteiger partial charge in [-0.25, -0.2) is 0 Å². The maximum Gasteiger partial charge on any atom is 0.106 e. The molecule has 0 radical (unpaired) electrons. The molecule has 0 aliphatic rings. The van der Waals surface area contributed by atoms with Gasteiger partial charge in [-0.1, -0.05) is 21.1 Å². The van der Waals surface area contributed by atoms with E-state index in [0.717, 1.165) is 11.0 Å². The van der Waals surface area contributed by atoms with E-state index in [2.05, 4.69) is 25.9 Å². The van der Waals surface area contributed by atoms with Gasteiger partial charge in [0.05, 0.1) is 5.71 Å². The Morgan fingerprint density at radius 1 is 1.86 bits per heavy atom. The molecule has 0 aromatic heterocycles. The largest absolute Gasteiger partial charge is 0.399 e. The summed E-state index contributed by atoms with van der Waals surface area (Å²) in [6, 6.07) is 0. The predicted octanol–water partition coefficient (Wildman–Crippen LogP) is 1.40. The van der Waals surface area contributed by atoms with Gasteiger partial charge < -0.3 is 4.84 Å². The highest BCUT2D eigenvalue weighted by atomic mass is 79.9. The molecule has 0 atom stereocenters. The van der Waals surface area contributed by atoms with E-state index in [4.69, 9.17) is 0 Å². The van der Waals surface area contributed by atoms with Gasteiger partial charge in [-0.2, -0.15) is 0 Å². The van der Waals surface area contributed by atoms with Crippen molar-refractivity contribution in [1.29, 1.82) is 0 Å². The fourth-order valence-corrected chi connectivity index (χ4v) is 0.283. The Morgan fingerprint density at radius 2 is 2.43 bits per heavy atom. The maximum absolute atomic E-state index is 4.45. The third kappa shape index (κ3) is 3.79. The molecule has 42 valence electrons. The minimum Gasteiger partial charge on any atom is -0.399 e. The molecule has 0 N–H and O–H groups in total. The lowest BCUT2D eigenvalue weighted by Gasteiger charge is -1.87. The first-order valence-electron chi connectivity index (χ1n) is 1.94. The summed E-state index contributed by atoms with van der Waals surface area (Å²) < 4.78 is 0. The summed E-state index contributed by atoms with van der Waals surface area (Å²) in [4.78, 5) is 4.45. The first kappa shape index (κ1) is 6.95. The van der Waals surface area contributed by atoms with Crippen molar-refractivity contribution in [3.63, 3.8) is 0 Å². The second-order valence-electron chi connectivity index (χ2n) is 1.14. The minimum atomic E-state index is 0.779. The average molecular weight is 166 g/mol. The monoisotopic (exact) mass is 165 g/mol. The van der Waals surface area contributed by atoms with Crippen LogP contribution >= 0.6 is 15.9 Å². The van der Waals surface area contributed by atoms with E-state index in [1.807, 2.05) is 6.92 Å². The zero-order chi connectivity index (χ0) is 5.70. The summed E-state index contributed by atoms with van der Waals surface area (Å²) in [5.41, 5.74) is 0.947. The van der Waals surface area contributed by atoms with Gasteiger partial charge in [0.15, 0.2) is 0 Å². The number of hydrogen-bond acceptors (Lipinski definition) is 2. The third-order valence-electron chi connectivity index (χ3n) is 0.441. The number of rotatable bonds is 2. The Kier molecular flexibility index (Phi) is 4.09. The highest BCUT2D eigenvalue weighted by Crippen LogP contribution is 1.83. The molecule has 0 heterocycles. The summed E-state index contributed by atoms with van der Waals surface area (Å²) in [6.45, 7) is 1.89. The van der Waals surface area contributed by atoms with Gasteiger partial charge in [0.1, 0.15) is 7.11 Å². The summed E-state index contributed by atoms with van der Waals surface area (Å²) in [5.74, 6) is 0. The van der Waals surface area contributed by atoms with E-state index < -0.39 is 0 Å². The zero-order valence-corrected chi connectivity index (χ0v) is 6.03. The van der Waals surface area contributed by atoms with Crippen LogP contribution in [0.5, 0.6) is 0 Å². The molecule has 0 aliphatic heterocycles. The zero-order valence-electron chi connectivity index (χ0n) is 4.44. The van der Waals surface area contributed by atoms with Gasteiger partial charge in [-0.15, -0.1) is 0 Å². The Morgan fingerprint density at radius 3 is 2.57 bits per heavy atom. The van der Waals surface area contributed by atoms with Crippen LogP contribution < -0.4 is 0 Å². The lowest BCUT2D eigenvalue weighted by atomic mass is 10.5. The molecule has 0 aliphatic carbocycles. The molecule has 2 nitrogen and oxygen atoms in total. The minimum absolute atomic E-state index is 0.779. The lowest BCUT2D eigenvalue weighted by molar-refractivity contribution is 0.213. The number of nitrogens with zero attached hydrogens (tertiary/aromatic N) is 1. The van der Waals surface area contributed by atoms with Crippen molar-refractivity contribution in [2.24, 2.45) is 5.16 Å². The molecule has 0 saturated heterocycles. The molecule has 0 saturated carbocycles. The molecule has 7 heavy (non-hydrogen) atoms. The van der Waals surface area contributed by atoms with Crippen molar-refractivity contribution in [2.75, 3.05) is 12.4 Å². The van der Waals surface area contributed by atoms with Gasteiger partial charge in [-0.05, 0) is 6.92 Å². The summed E-state index contributed by atoms with van der Waals surface area (Å²) >= 11 is 3.20. The molecule has 0 rings (SSSR count).